The molecule has 2 N–H and O–H groups in total. The van der Waals surface area contributed by atoms with Gasteiger partial charge in [0.2, 0.25) is 0 Å². The van der Waals surface area contributed by atoms with Crippen molar-refractivity contribution >= 4 is 17.5 Å². The van der Waals surface area contributed by atoms with Gasteiger partial charge >= 0.3 is 0 Å². The van der Waals surface area contributed by atoms with Crippen molar-refractivity contribution in [2.45, 2.75) is 0 Å². The standard InChI is InChI=1S/C16H13ClN2O3/c17-14-5-2-6-15(13(14)10-18)22-12-4-1-3-11(9-12)16(21)19-7-8-20/h1-6,9,20H,7-8H2,(H,19,21). The third-order valence-electron chi connectivity index (χ3n) is 2.81. The number of nitrogens with one attached hydrogen (secondary N) is 1. The zero-order valence-corrected chi connectivity index (χ0v) is 12.3. The van der Waals surface area contributed by atoms with Crippen LogP contribution in [0.3, 0.4) is 0 Å². The van der Waals surface area contributed by atoms with Crippen LogP contribution in [0.2, 0.25) is 5.02 Å². The molecule has 0 spiro atoms. The van der Waals surface area contributed by atoms with Crippen molar-refractivity contribution in [2.75, 3.05) is 13.2 Å². The second-order valence-corrected chi connectivity index (χ2v) is 4.74. The van der Waals surface area contributed by atoms with Crippen LogP contribution in [0.15, 0.2) is 42.5 Å². The van der Waals surface area contributed by atoms with Crippen molar-refractivity contribution in [3.8, 4) is 17.6 Å². The minimum absolute atomic E-state index is 0.129. The van der Waals surface area contributed by atoms with Crippen LogP contribution >= 0.6 is 11.6 Å². The number of benzene rings is 2. The molecule has 0 fully saturated rings. The van der Waals surface area contributed by atoms with Gasteiger partial charge in [-0.25, -0.2) is 0 Å². The molecule has 6 heteroatoms. The van der Waals surface area contributed by atoms with E-state index in [1.807, 2.05) is 6.07 Å². The Bertz CT molecular complexity index is 726. The Balaban J connectivity index is 2.23. The third-order valence-corrected chi connectivity index (χ3v) is 3.12. The first-order valence-electron chi connectivity index (χ1n) is 6.51. The van der Waals surface area contributed by atoms with Crippen molar-refractivity contribution in [3.63, 3.8) is 0 Å². The number of rotatable bonds is 5. The predicted octanol–water partition coefficient (Wildman–Crippen LogP) is 2.73. The first-order valence-corrected chi connectivity index (χ1v) is 6.89. The second-order valence-electron chi connectivity index (χ2n) is 4.33. The summed E-state index contributed by atoms with van der Waals surface area (Å²) >= 11 is 5.94. The topological polar surface area (TPSA) is 82.3 Å². The summed E-state index contributed by atoms with van der Waals surface area (Å²) < 4.78 is 5.64. The Morgan fingerprint density at radius 1 is 1.32 bits per heavy atom. The summed E-state index contributed by atoms with van der Waals surface area (Å²) in [5, 5.41) is 20.7. The Labute approximate surface area is 132 Å². The number of amides is 1. The maximum absolute atomic E-state index is 11.8. The van der Waals surface area contributed by atoms with Gasteiger partial charge < -0.3 is 15.2 Å². The average molecular weight is 317 g/mol. The molecule has 0 radical (unpaired) electrons. The van der Waals surface area contributed by atoms with Gasteiger partial charge in [0.15, 0.2) is 0 Å². The molecule has 112 valence electrons. The minimum atomic E-state index is -0.314. The number of hydrogen-bond acceptors (Lipinski definition) is 4. The van der Waals surface area contributed by atoms with Crippen LogP contribution in [0, 0.1) is 11.3 Å². The largest absolute Gasteiger partial charge is 0.456 e. The van der Waals surface area contributed by atoms with E-state index in [-0.39, 0.29) is 24.6 Å². The van der Waals surface area contributed by atoms with Gasteiger partial charge in [0.05, 0.1) is 11.6 Å². The fourth-order valence-corrected chi connectivity index (χ4v) is 2.01. The predicted molar refractivity (Wildman–Crippen MR) is 82.1 cm³/mol. The number of hydrogen-bond donors (Lipinski definition) is 2. The van der Waals surface area contributed by atoms with Crippen LogP contribution in [0.1, 0.15) is 15.9 Å². The lowest BCUT2D eigenvalue weighted by atomic mass is 10.2. The summed E-state index contributed by atoms with van der Waals surface area (Å²) in [7, 11) is 0. The van der Waals surface area contributed by atoms with Gasteiger partial charge in [-0.15, -0.1) is 0 Å². The van der Waals surface area contributed by atoms with E-state index in [4.69, 9.17) is 26.7 Å². The third kappa shape index (κ3) is 3.76. The molecule has 5 nitrogen and oxygen atoms in total. The van der Waals surface area contributed by atoms with Crippen molar-refractivity contribution < 1.29 is 14.6 Å². The van der Waals surface area contributed by atoms with E-state index < -0.39 is 0 Å². The Morgan fingerprint density at radius 2 is 2.09 bits per heavy atom. The van der Waals surface area contributed by atoms with Gasteiger partial charge in [-0.3, -0.25) is 4.79 Å². The van der Waals surface area contributed by atoms with Crippen molar-refractivity contribution in [1.82, 2.24) is 5.32 Å². The lowest BCUT2D eigenvalue weighted by Crippen LogP contribution is -2.26. The molecule has 0 saturated heterocycles. The van der Waals surface area contributed by atoms with Gasteiger partial charge in [0.25, 0.3) is 5.91 Å². The molecule has 0 saturated carbocycles. The SMILES string of the molecule is N#Cc1c(Cl)cccc1Oc1cccc(C(=O)NCCO)c1. The first kappa shape index (κ1) is 15.8. The van der Waals surface area contributed by atoms with E-state index in [1.54, 1.807) is 42.5 Å². The highest BCUT2D eigenvalue weighted by atomic mass is 35.5. The summed E-state index contributed by atoms with van der Waals surface area (Å²) in [6.07, 6.45) is 0. The van der Waals surface area contributed by atoms with Crippen LogP contribution in [-0.2, 0) is 0 Å². The molecule has 0 unspecified atom stereocenters. The van der Waals surface area contributed by atoms with Crippen molar-refractivity contribution in [1.29, 1.82) is 5.26 Å². The molecule has 2 aromatic rings. The Hall–Kier alpha value is -2.55. The number of nitriles is 1. The molecular formula is C16H13ClN2O3. The number of nitrogens with zero attached hydrogens (tertiary/aromatic N) is 1. The molecular weight excluding hydrogens is 304 g/mol. The van der Waals surface area contributed by atoms with Gasteiger partial charge in [-0.05, 0) is 30.3 Å². The molecule has 2 aromatic carbocycles. The smallest absolute Gasteiger partial charge is 0.251 e. The number of aliphatic hydroxyl groups is 1. The zero-order chi connectivity index (χ0) is 15.9. The molecule has 0 atom stereocenters. The van der Waals surface area contributed by atoms with Crippen molar-refractivity contribution in [2.24, 2.45) is 0 Å². The second kappa shape index (κ2) is 7.46. The number of carbonyl (C=O) groups is 1. The van der Waals surface area contributed by atoms with E-state index in [0.29, 0.717) is 22.1 Å². The lowest BCUT2D eigenvalue weighted by molar-refractivity contribution is 0.0944. The van der Waals surface area contributed by atoms with Crippen LogP contribution in [-0.4, -0.2) is 24.2 Å². The van der Waals surface area contributed by atoms with Gasteiger partial charge in [0.1, 0.15) is 23.1 Å². The van der Waals surface area contributed by atoms with E-state index in [9.17, 15) is 4.79 Å². The quantitative estimate of drug-likeness (QED) is 0.888. The molecule has 0 heterocycles. The summed E-state index contributed by atoms with van der Waals surface area (Å²) in [6, 6.07) is 13.4. The summed E-state index contributed by atoms with van der Waals surface area (Å²) in [4.78, 5) is 11.8. The Morgan fingerprint density at radius 3 is 2.82 bits per heavy atom. The molecule has 0 aromatic heterocycles. The molecule has 2 rings (SSSR count). The first-order chi connectivity index (χ1) is 10.7. The summed E-state index contributed by atoms with van der Waals surface area (Å²) in [6.45, 7) is 0.0484. The molecule has 0 aliphatic heterocycles. The fourth-order valence-electron chi connectivity index (χ4n) is 1.80. The average Bonchev–Trinajstić information content (AvgIpc) is 2.53. The van der Waals surface area contributed by atoms with E-state index in [0.717, 1.165) is 0 Å². The van der Waals surface area contributed by atoms with Crippen molar-refractivity contribution in [3.05, 3.63) is 58.6 Å². The van der Waals surface area contributed by atoms with Gasteiger partial charge in [0, 0.05) is 12.1 Å². The highest BCUT2D eigenvalue weighted by Gasteiger charge is 2.10. The molecule has 0 aliphatic carbocycles. The molecule has 0 bridgehead atoms. The van der Waals surface area contributed by atoms with Crippen LogP contribution < -0.4 is 10.1 Å². The lowest BCUT2D eigenvalue weighted by Gasteiger charge is -2.09. The van der Waals surface area contributed by atoms with Crippen LogP contribution in [0.4, 0.5) is 0 Å². The highest BCUT2D eigenvalue weighted by Crippen LogP contribution is 2.30. The zero-order valence-electron chi connectivity index (χ0n) is 11.5. The summed E-state index contributed by atoms with van der Waals surface area (Å²) in [5.74, 6) is 0.421. The maximum atomic E-state index is 11.8. The summed E-state index contributed by atoms with van der Waals surface area (Å²) in [5.41, 5.74) is 0.630. The number of carbonyl (C=O) groups excluding carboxylic acids is 1. The fraction of sp³-hybridized carbons (Fsp3) is 0.125. The van der Waals surface area contributed by atoms with Crippen LogP contribution in [0.25, 0.3) is 0 Å². The normalized spacial score (nSPS) is 9.86. The Kier molecular flexibility index (Phi) is 5.37. The van der Waals surface area contributed by atoms with Crippen LogP contribution in [0.5, 0.6) is 11.5 Å². The number of halogens is 1. The molecule has 1 amide bonds. The van der Waals surface area contributed by atoms with E-state index in [2.05, 4.69) is 5.32 Å². The maximum Gasteiger partial charge on any atom is 0.251 e. The number of ether oxygens (including phenoxy) is 1. The number of aliphatic hydroxyl groups excluding tert-OH is 1. The van der Waals surface area contributed by atoms with Gasteiger partial charge in [-0.1, -0.05) is 23.7 Å². The van der Waals surface area contributed by atoms with Gasteiger partial charge in [-0.2, -0.15) is 5.26 Å². The monoisotopic (exact) mass is 316 g/mol. The van der Waals surface area contributed by atoms with E-state index >= 15 is 0 Å². The van der Waals surface area contributed by atoms with E-state index in [1.165, 1.54) is 0 Å². The highest BCUT2D eigenvalue weighted by molar-refractivity contribution is 6.31. The molecule has 0 aliphatic rings. The molecule has 22 heavy (non-hydrogen) atoms. The minimum Gasteiger partial charge on any atom is -0.456 e.